The van der Waals surface area contributed by atoms with E-state index >= 15 is 0 Å². The first-order chi connectivity index (χ1) is 15.7. The van der Waals surface area contributed by atoms with Crippen molar-refractivity contribution in [2.45, 2.75) is 13.0 Å². The Kier molecular flexibility index (Phi) is 6.66. The van der Waals surface area contributed by atoms with Crippen LogP contribution in [-0.4, -0.2) is 91.0 Å². The van der Waals surface area contributed by atoms with Crippen LogP contribution in [0.2, 0.25) is 0 Å². The molecule has 0 radical (unpaired) electrons. The summed E-state index contributed by atoms with van der Waals surface area (Å²) < 4.78 is 6.76. The molecule has 0 amide bonds. The van der Waals surface area contributed by atoms with E-state index in [4.69, 9.17) is 14.7 Å². The van der Waals surface area contributed by atoms with Gasteiger partial charge in [0.2, 0.25) is 0 Å². The molecule has 1 aromatic carbocycles. The largest absolute Gasteiger partial charge is 0.396 e. The molecule has 2 saturated heterocycles. The first-order valence-corrected chi connectivity index (χ1v) is 12.3. The molecular weight excluding hydrogens is 422 g/mol. The molecule has 0 spiro atoms. The third-order valence-corrected chi connectivity index (χ3v) is 7.38. The second-order valence-corrected chi connectivity index (χ2v) is 9.79. The molecule has 4 heterocycles. The average Bonchev–Trinajstić information content (AvgIpc) is 3.23. The number of aromatic nitrogens is 2. The van der Waals surface area contributed by atoms with Crippen LogP contribution < -0.4 is 4.90 Å². The van der Waals surface area contributed by atoms with Gasteiger partial charge < -0.3 is 19.6 Å². The van der Waals surface area contributed by atoms with E-state index in [2.05, 4.69) is 39.9 Å². The number of likely N-dealkylation sites (N-methyl/N-ethyl adjacent to an activating group) is 1. The number of aliphatic hydroxyl groups excluding tert-OH is 1. The smallest absolute Gasteiger partial charge is 0.162 e. The van der Waals surface area contributed by atoms with Crippen molar-refractivity contribution in [2.75, 3.05) is 71.0 Å². The molecule has 0 aliphatic carbocycles. The maximum atomic E-state index is 9.33. The lowest BCUT2D eigenvalue weighted by Crippen LogP contribution is -2.43. The van der Waals surface area contributed by atoms with E-state index in [0.29, 0.717) is 6.42 Å². The fourth-order valence-corrected chi connectivity index (χ4v) is 5.54. The molecule has 3 aromatic rings. The molecule has 1 N–H and O–H groups in total. The van der Waals surface area contributed by atoms with E-state index in [1.165, 1.54) is 9.58 Å². The second-order valence-electron chi connectivity index (χ2n) is 8.65. The fourth-order valence-electron chi connectivity index (χ4n) is 4.38. The number of nitrogens with zero attached hydrogens (tertiary/aromatic N) is 5. The normalized spacial score (nSPS) is 18.5. The molecule has 0 bridgehead atoms. The monoisotopic (exact) mass is 453 g/mol. The van der Waals surface area contributed by atoms with Gasteiger partial charge in [0.15, 0.2) is 11.6 Å². The minimum absolute atomic E-state index is 0.141. The van der Waals surface area contributed by atoms with Crippen LogP contribution in [0.3, 0.4) is 0 Å². The van der Waals surface area contributed by atoms with Crippen molar-refractivity contribution in [3.8, 4) is 11.4 Å². The van der Waals surface area contributed by atoms with Gasteiger partial charge in [-0.05, 0) is 31.2 Å². The Morgan fingerprint density at radius 2 is 1.84 bits per heavy atom. The minimum Gasteiger partial charge on any atom is -0.396 e. The van der Waals surface area contributed by atoms with Gasteiger partial charge in [-0.3, -0.25) is 4.90 Å². The van der Waals surface area contributed by atoms with Crippen molar-refractivity contribution in [2.24, 2.45) is 0 Å². The highest BCUT2D eigenvalue weighted by atomic mass is 32.1. The molecule has 32 heavy (non-hydrogen) atoms. The number of aliphatic hydroxyl groups is 1. The molecule has 0 saturated carbocycles. The van der Waals surface area contributed by atoms with Gasteiger partial charge in [-0.2, -0.15) is 0 Å². The highest BCUT2D eigenvalue weighted by Crippen LogP contribution is 2.35. The molecular formula is C24H31N5O2S. The molecule has 2 fully saturated rings. The van der Waals surface area contributed by atoms with E-state index in [9.17, 15) is 5.11 Å². The summed E-state index contributed by atoms with van der Waals surface area (Å²) in [6.07, 6.45) is 0.639. The Hall–Kier alpha value is -2.10. The minimum atomic E-state index is 0.141. The van der Waals surface area contributed by atoms with E-state index < -0.39 is 0 Å². The standard InChI is InChI=1S/C24H31N5O2S/c1-27-6-8-28(9-7-27)17-20-16-21-22(32-20)24(29-10-13-31-14-11-29)26-23(25-21)19-4-2-3-18(15-19)5-12-30/h2-4,15-16,30H,5-14,17H2,1H3. The zero-order chi connectivity index (χ0) is 21.9. The number of rotatable bonds is 6. The Morgan fingerprint density at radius 3 is 2.62 bits per heavy atom. The molecule has 2 aromatic heterocycles. The fraction of sp³-hybridized carbons (Fsp3) is 0.500. The lowest BCUT2D eigenvalue weighted by Gasteiger charge is -2.31. The number of morpholine rings is 1. The van der Waals surface area contributed by atoms with Crippen LogP contribution in [0.4, 0.5) is 5.82 Å². The number of anilines is 1. The van der Waals surface area contributed by atoms with Gasteiger partial charge in [0.05, 0.1) is 23.4 Å². The third kappa shape index (κ3) is 4.79. The zero-order valence-electron chi connectivity index (χ0n) is 18.7. The van der Waals surface area contributed by atoms with E-state index in [0.717, 1.165) is 87.3 Å². The van der Waals surface area contributed by atoms with Crippen LogP contribution >= 0.6 is 11.3 Å². The summed E-state index contributed by atoms with van der Waals surface area (Å²) in [6.45, 7) is 8.73. The number of thiophene rings is 1. The number of ether oxygens (including phenoxy) is 1. The third-order valence-electron chi connectivity index (χ3n) is 6.28. The summed E-state index contributed by atoms with van der Waals surface area (Å²) in [5, 5.41) is 9.33. The molecule has 5 rings (SSSR count). The number of hydrogen-bond donors (Lipinski definition) is 1. The van der Waals surface area contributed by atoms with Crippen molar-refractivity contribution < 1.29 is 9.84 Å². The first kappa shape index (κ1) is 21.7. The van der Waals surface area contributed by atoms with Gasteiger partial charge in [-0.15, -0.1) is 11.3 Å². The topological polar surface area (TPSA) is 65.0 Å². The van der Waals surface area contributed by atoms with Crippen LogP contribution in [0.1, 0.15) is 10.4 Å². The van der Waals surface area contributed by atoms with E-state index in [1.54, 1.807) is 0 Å². The van der Waals surface area contributed by atoms with Crippen molar-refractivity contribution >= 4 is 27.4 Å². The highest BCUT2D eigenvalue weighted by Gasteiger charge is 2.21. The van der Waals surface area contributed by atoms with Crippen LogP contribution in [0, 0.1) is 0 Å². The molecule has 0 atom stereocenters. The predicted octanol–water partition coefficient (Wildman–Crippen LogP) is 2.48. The molecule has 8 heteroatoms. The number of hydrogen-bond acceptors (Lipinski definition) is 8. The number of benzene rings is 1. The van der Waals surface area contributed by atoms with Gasteiger partial charge in [0.25, 0.3) is 0 Å². The summed E-state index contributed by atoms with van der Waals surface area (Å²) >= 11 is 1.83. The Bertz CT molecular complexity index is 1060. The molecule has 170 valence electrons. The van der Waals surface area contributed by atoms with Crippen molar-refractivity contribution in [1.82, 2.24) is 19.8 Å². The average molecular weight is 454 g/mol. The summed E-state index contributed by atoms with van der Waals surface area (Å²) in [6, 6.07) is 10.5. The first-order valence-electron chi connectivity index (χ1n) is 11.4. The van der Waals surface area contributed by atoms with Gasteiger partial charge in [0, 0.05) is 62.9 Å². The second kappa shape index (κ2) is 9.80. The molecule has 7 nitrogen and oxygen atoms in total. The molecule has 0 unspecified atom stereocenters. The Balaban J connectivity index is 1.51. The lowest BCUT2D eigenvalue weighted by atomic mass is 10.1. The van der Waals surface area contributed by atoms with Gasteiger partial charge in [0.1, 0.15) is 0 Å². The maximum absolute atomic E-state index is 9.33. The van der Waals surface area contributed by atoms with Crippen molar-refractivity contribution in [3.63, 3.8) is 0 Å². The van der Waals surface area contributed by atoms with Crippen molar-refractivity contribution in [1.29, 1.82) is 0 Å². The Morgan fingerprint density at radius 1 is 1.03 bits per heavy atom. The maximum Gasteiger partial charge on any atom is 0.162 e. The lowest BCUT2D eigenvalue weighted by molar-refractivity contribution is 0.122. The van der Waals surface area contributed by atoms with E-state index in [1.807, 2.05) is 23.5 Å². The molecule has 2 aliphatic rings. The van der Waals surface area contributed by atoms with Gasteiger partial charge in [-0.25, -0.2) is 9.97 Å². The summed E-state index contributed by atoms with van der Waals surface area (Å²) in [7, 11) is 2.19. The zero-order valence-corrected chi connectivity index (χ0v) is 19.5. The van der Waals surface area contributed by atoms with Gasteiger partial charge >= 0.3 is 0 Å². The van der Waals surface area contributed by atoms with E-state index in [-0.39, 0.29) is 6.61 Å². The van der Waals surface area contributed by atoms with Gasteiger partial charge in [-0.1, -0.05) is 18.2 Å². The summed E-state index contributed by atoms with van der Waals surface area (Å²) in [5.41, 5.74) is 3.13. The summed E-state index contributed by atoms with van der Waals surface area (Å²) in [4.78, 5) is 18.6. The Labute approximate surface area is 193 Å². The SMILES string of the molecule is CN1CCN(Cc2cc3nc(-c4cccc(CCO)c4)nc(N4CCOCC4)c3s2)CC1. The summed E-state index contributed by atoms with van der Waals surface area (Å²) in [5.74, 6) is 1.78. The van der Waals surface area contributed by atoms with Crippen LogP contribution in [-0.2, 0) is 17.7 Å². The van der Waals surface area contributed by atoms with Crippen LogP contribution in [0.5, 0.6) is 0 Å². The van der Waals surface area contributed by atoms with Crippen LogP contribution in [0.15, 0.2) is 30.3 Å². The highest BCUT2D eigenvalue weighted by molar-refractivity contribution is 7.19. The van der Waals surface area contributed by atoms with Crippen LogP contribution in [0.25, 0.3) is 21.6 Å². The number of piperazine rings is 1. The predicted molar refractivity (Wildman–Crippen MR) is 129 cm³/mol. The molecule has 2 aliphatic heterocycles. The quantitative estimate of drug-likeness (QED) is 0.615. The number of fused-ring (bicyclic) bond motifs is 1. The van der Waals surface area contributed by atoms with Crippen molar-refractivity contribution in [3.05, 3.63) is 40.8 Å².